The Hall–Kier alpha value is -1.88. The van der Waals surface area contributed by atoms with E-state index in [2.05, 4.69) is 0 Å². The zero-order valence-electron chi connectivity index (χ0n) is 8.29. The minimum atomic E-state index is -0.911. The molecule has 0 unspecified atom stereocenters. The van der Waals surface area contributed by atoms with Gasteiger partial charge in [-0.25, -0.2) is 4.79 Å². The minimum absolute atomic E-state index is 0.0555. The van der Waals surface area contributed by atoms with E-state index in [1.54, 1.807) is 28.4 Å². The Labute approximate surface area is 95.4 Å². The molecule has 2 heterocycles. The summed E-state index contributed by atoms with van der Waals surface area (Å²) in [4.78, 5) is 22.1. The molecular weight excluding hydrogens is 226 g/mol. The van der Waals surface area contributed by atoms with Crippen molar-refractivity contribution in [2.75, 3.05) is 0 Å². The molecule has 0 radical (unpaired) electrons. The predicted octanol–water partition coefficient (Wildman–Crippen LogP) is 1.66. The highest BCUT2D eigenvalue weighted by Gasteiger charge is 2.11. The van der Waals surface area contributed by atoms with Gasteiger partial charge in [-0.2, -0.15) is 0 Å². The Balaban J connectivity index is 2.27. The lowest BCUT2D eigenvalue weighted by molar-refractivity contribution is 0.0701. The zero-order chi connectivity index (χ0) is 11.5. The first kappa shape index (κ1) is 10.6. The number of nitrogens with zero attached hydrogens (tertiary/aromatic N) is 1. The fourth-order valence-electron chi connectivity index (χ4n) is 1.39. The number of rotatable bonds is 3. The van der Waals surface area contributed by atoms with Crippen LogP contribution in [0.1, 0.15) is 15.2 Å². The monoisotopic (exact) mass is 235 g/mol. The van der Waals surface area contributed by atoms with Crippen molar-refractivity contribution in [1.29, 1.82) is 0 Å². The van der Waals surface area contributed by atoms with E-state index in [1.165, 1.54) is 23.5 Å². The van der Waals surface area contributed by atoms with E-state index in [4.69, 9.17) is 5.11 Å². The highest BCUT2D eigenvalue weighted by atomic mass is 32.1. The highest BCUT2D eigenvalue weighted by Crippen LogP contribution is 2.17. The molecule has 0 amide bonds. The summed E-state index contributed by atoms with van der Waals surface area (Å²) in [5.41, 5.74) is 0.696. The van der Waals surface area contributed by atoms with Gasteiger partial charge in [-0.3, -0.25) is 4.79 Å². The average molecular weight is 235 g/mol. The maximum atomic E-state index is 10.9. The van der Waals surface area contributed by atoms with Gasteiger partial charge < -0.3 is 9.67 Å². The number of carboxylic acid groups (broad SMARTS) is 1. The fourth-order valence-corrected chi connectivity index (χ4v) is 2.15. The summed E-state index contributed by atoms with van der Waals surface area (Å²) in [7, 11) is 0. The molecule has 0 aliphatic carbocycles. The van der Waals surface area contributed by atoms with Gasteiger partial charge in [0.15, 0.2) is 5.43 Å². The van der Waals surface area contributed by atoms with Crippen LogP contribution in [0.15, 0.2) is 40.8 Å². The van der Waals surface area contributed by atoms with Crippen LogP contribution in [0, 0.1) is 0 Å². The number of carboxylic acids is 1. The molecule has 0 saturated carbocycles. The molecule has 0 bridgehead atoms. The van der Waals surface area contributed by atoms with Crippen molar-refractivity contribution < 1.29 is 9.90 Å². The molecule has 0 spiro atoms. The third kappa shape index (κ3) is 2.20. The topological polar surface area (TPSA) is 59.3 Å². The molecule has 16 heavy (non-hydrogen) atoms. The van der Waals surface area contributed by atoms with Gasteiger partial charge in [-0.1, -0.05) is 0 Å². The van der Waals surface area contributed by atoms with Crippen LogP contribution in [0.2, 0.25) is 0 Å². The molecule has 0 fully saturated rings. The molecule has 5 heteroatoms. The Morgan fingerprint density at radius 2 is 2.00 bits per heavy atom. The maximum absolute atomic E-state index is 10.9. The number of pyridine rings is 1. The summed E-state index contributed by atoms with van der Waals surface area (Å²) < 4.78 is 1.77. The van der Waals surface area contributed by atoms with Crippen LogP contribution in [0.25, 0.3) is 0 Å². The van der Waals surface area contributed by atoms with Gasteiger partial charge >= 0.3 is 5.97 Å². The van der Waals surface area contributed by atoms with Crippen LogP contribution in [-0.2, 0) is 6.54 Å². The quantitative estimate of drug-likeness (QED) is 0.880. The van der Waals surface area contributed by atoms with Gasteiger partial charge in [-0.05, 0) is 17.0 Å². The third-order valence-electron chi connectivity index (χ3n) is 2.15. The maximum Gasteiger partial charge on any atom is 0.346 e. The van der Waals surface area contributed by atoms with Gasteiger partial charge in [0, 0.05) is 31.1 Å². The number of thiophene rings is 1. The second-order valence-corrected chi connectivity index (χ2v) is 4.20. The number of hydrogen-bond donors (Lipinski definition) is 1. The number of aromatic carboxylic acids is 1. The smallest absolute Gasteiger partial charge is 0.346 e. The minimum Gasteiger partial charge on any atom is -0.477 e. The lowest BCUT2D eigenvalue weighted by Crippen LogP contribution is -2.06. The molecule has 2 rings (SSSR count). The Kier molecular flexibility index (Phi) is 2.87. The summed E-state index contributed by atoms with van der Waals surface area (Å²) in [6.07, 6.45) is 3.29. The number of hydrogen-bond acceptors (Lipinski definition) is 3. The second kappa shape index (κ2) is 4.32. The molecule has 0 aromatic carbocycles. The summed E-state index contributed by atoms with van der Waals surface area (Å²) in [5.74, 6) is -0.911. The van der Waals surface area contributed by atoms with Gasteiger partial charge in [0.2, 0.25) is 0 Å². The molecule has 82 valence electrons. The van der Waals surface area contributed by atoms with Crippen molar-refractivity contribution in [2.24, 2.45) is 0 Å². The molecule has 2 aromatic rings. The average Bonchev–Trinajstić information content (AvgIpc) is 2.69. The molecule has 2 aromatic heterocycles. The van der Waals surface area contributed by atoms with E-state index >= 15 is 0 Å². The molecule has 0 aliphatic heterocycles. The largest absolute Gasteiger partial charge is 0.477 e. The molecular formula is C11H9NO3S. The van der Waals surface area contributed by atoms with Crippen LogP contribution < -0.4 is 5.43 Å². The lowest BCUT2D eigenvalue weighted by atomic mass is 10.2. The van der Waals surface area contributed by atoms with Crippen molar-refractivity contribution in [1.82, 2.24) is 4.57 Å². The number of carbonyl (C=O) groups is 1. The van der Waals surface area contributed by atoms with Crippen molar-refractivity contribution in [3.05, 3.63) is 56.6 Å². The second-order valence-electron chi connectivity index (χ2n) is 3.29. The van der Waals surface area contributed by atoms with Gasteiger partial charge in [0.05, 0.1) is 0 Å². The Bertz CT molecular complexity index is 550. The van der Waals surface area contributed by atoms with Crippen LogP contribution in [-0.4, -0.2) is 15.6 Å². The van der Waals surface area contributed by atoms with Gasteiger partial charge in [0.1, 0.15) is 4.88 Å². The standard InChI is InChI=1S/C11H9NO3S/c13-9-1-4-12(5-2-9)7-8-3-6-16-10(8)11(14)15/h1-6H,7H2,(H,14,15). The molecule has 0 saturated heterocycles. The van der Waals surface area contributed by atoms with E-state index in [1.807, 2.05) is 0 Å². The summed E-state index contributed by atoms with van der Waals surface area (Å²) in [6, 6.07) is 4.69. The van der Waals surface area contributed by atoms with Crippen LogP contribution >= 0.6 is 11.3 Å². The Morgan fingerprint density at radius 3 is 2.62 bits per heavy atom. The summed E-state index contributed by atoms with van der Waals surface area (Å²) in [6.45, 7) is 0.464. The van der Waals surface area contributed by atoms with E-state index in [0.29, 0.717) is 11.4 Å². The first-order valence-corrected chi connectivity index (χ1v) is 5.50. The van der Waals surface area contributed by atoms with E-state index in [0.717, 1.165) is 5.56 Å². The van der Waals surface area contributed by atoms with Gasteiger partial charge in [-0.15, -0.1) is 11.3 Å². The first-order valence-electron chi connectivity index (χ1n) is 4.62. The molecule has 0 aliphatic rings. The van der Waals surface area contributed by atoms with Crippen molar-refractivity contribution in [3.63, 3.8) is 0 Å². The highest BCUT2D eigenvalue weighted by molar-refractivity contribution is 7.12. The normalized spacial score (nSPS) is 10.2. The van der Waals surface area contributed by atoms with Crippen molar-refractivity contribution >= 4 is 17.3 Å². The van der Waals surface area contributed by atoms with Gasteiger partial charge in [0.25, 0.3) is 0 Å². The first-order chi connectivity index (χ1) is 7.66. The van der Waals surface area contributed by atoms with Crippen LogP contribution in [0.4, 0.5) is 0 Å². The summed E-state index contributed by atoms with van der Waals surface area (Å²) in [5, 5.41) is 10.7. The van der Waals surface area contributed by atoms with E-state index in [9.17, 15) is 9.59 Å². The molecule has 1 N–H and O–H groups in total. The SMILES string of the molecule is O=C(O)c1sccc1Cn1ccc(=O)cc1. The predicted molar refractivity (Wildman–Crippen MR) is 61.1 cm³/mol. The summed E-state index contributed by atoms with van der Waals surface area (Å²) >= 11 is 1.21. The van der Waals surface area contributed by atoms with Crippen LogP contribution in [0.5, 0.6) is 0 Å². The molecule has 0 atom stereocenters. The molecule has 4 nitrogen and oxygen atoms in total. The van der Waals surface area contributed by atoms with Crippen LogP contribution in [0.3, 0.4) is 0 Å². The van der Waals surface area contributed by atoms with E-state index < -0.39 is 5.97 Å². The third-order valence-corrected chi connectivity index (χ3v) is 3.10. The Morgan fingerprint density at radius 1 is 1.31 bits per heavy atom. The zero-order valence-corrected chi connectivity index (χ0v) is 9.11. The van der Waals surface area contributed by atoms with Crippen molar-refractivity contribution in [3.8, 4) is 0 Å². The van der Waals surface area contributed by atoms with Crippen molar-refractivity contribution in [2.45, 2.75) is 6.54 Å². The van der Waals surface area contributed by atoms with E-state index in [-0.39, 0.29) is 5.43 Å². The lowest BCUT2D eigenvalue weighted by Gasteiger charge is -2.04. The fraction of sp³-hybridized carbons (Fsp3) is 0.0909. The number of aromatic nitrogens is 1.